The molecule has 1 aromatic heterocycles. The van der Waals surface area contributed by atoms with Crippen LogP contribution in [0.25, 0.3) is 10.9 Å². The van der Waals surface area contributed by atoms with Gasteiger partial charge in [-0.3, -0.25) is 4.79 Å². The lowest BCUT2D eigenvalue weighted by atomic mass is 10.1. The molecule has 0 bridgehead atoms. The molecule has 1 saturated carbocycles. The van der Waals surface area contributed by atoms with E-state index >= 15 is 0 Å². The van der Waals surface area contributed by atoms with Crippen molar-refractivity contribution in [3.05, 3.63) is 36.0 Å². The van der Waals surface area contributed by atoms with E-state index in [1.54, 1.807) is 0 Å². The van der Waals surface area contributed by atoms with Crippen molar-refractivity contribution < 1.29 is 4.79 Å². The van der Waals surface area contributed by atoms with Gasteiger partial charge in [0.05, 0.1) is 0 Å². The Kier molecular flexibility index (Phi) is 5.11. The average Bonchev–Trinajstić information content (AvgIpc) is 3.17. The Morgan fingerprint density at radius 2 is 2.00 bits per heavy atom. The van der Waals surface area contributed by atoms with Crippen molar-refractivity contribution >= 4 is 16.8 Å². The maximum absolute atomic E-state index is 11.8. The maximum atomic E-state index is 11.8. The van der Waals surface area contributed by atoms with Crippen LogP contribution < -0.4 is 10.6 Å². The number of rotatable bonds is 7. The second-order valence-electron chi connectivity index (χ2n) is 6.14. The van der Waals surface area contributed by atoms with E-state index in [9.17, 15) is 4.79 Å². The highest BCUT2D eigenvalue weighted by Crippen LogP contribution is 2.18. The normalized spacial score (nSPS) is 15.5. The summed E-state index contributed by atoms with van der Waals surface area (Å²) in [5, 5.41) is 7.74. The van der Waals surface area contributed by atoms with E-state index < -0.39 is 0 Å². The van der Waals surface area contributed by atoms with Crippen LogP contribution in [-0.2, 0) is 11.2 Å². The fourth-order valence-corrected chi connectivity index (χ4v) is 3.28. The summed E-state index contributed by atoms with van der Waals surface area (Å²) in [5.74, 6) is 0.144. The lowest BCUT2D eigenvalue weighted by Crippen LogP contribution is -2.32. The monoisotopic (exact) mass is 299 g/mol. The molecule has 2 aromatic rings. The molecule has 1 aliphatic rings. The SMILES string of the molecule is O=C(CCNC1CCCC1)NCCc1c[nH]c2ccccc12. The molecule has 4 heteroatoms. The van der Waals surface area contributed by atoms with Crippen molar-refractivity contribution in [1.82, 2.24) is 15.6 Å². The van der Waals surface area contributed by atoms with Crippen LogP contribution in [0.3, 0.4) is 0 Å². The zero-order valence-electron chi connectivity index (χ0n) is 13.0. The molecule has 22 heavy (non-hydrogen) atoms. The summed E-state index contributed by atoms with van der Waals surface area (Å²) in [6.45, 7) is 1.49. The van der Waals surface area contributed by atoms with Gasteiger partial charge in [-0.25, -0.2) is 0 Å². The van der Waals surface area contributed by atoms with Crippen molar-refractivity contribution in [2.24, 2.45) is 0 Å². The molecule has 0 aliphatic heterocycles. The van der Waals surface area contributed by atoms with Crippen LogP contribution in [0.5, 0.6) is 0 Å². The molecule has 0 saturated heterocycles. The number of aromatic nitrogens is 1. The van der Waals surface area contributed by atoms with Gasteiger partial charge in [-0.1, -0.05) is 31.0 Å². The number of H-pyrrole nitrogens is 1. The molecule has 118 valence electrons. The Bertz CT molecular complexity index is 614. The molecule has 0 unspecified atom stereocenters. The van der Waals surface area contributed by atoms with Gasteiger partial charge in [0, 0.05) is 42.7 Å². The zero-order valence-corrected chi connectivity index (χ0v) is 13.0. The minimum absolute atomic E-state index is 0.144. The number of hydrogen-bond acceptors (Lipinski definition) is 2. The summed E-state index contributed by atoms with van der Waals surface area (Å²) in [4.78, 5) is 15.1. The van der Waals surface area contributed by atoms with Crippen molar-refractivity contribution in [2.45, 2.75) is 44.6 Å². The first kappa shape index (κ1) is 15.1. The van der Waals surface area contributed by atoms with Gasteiger partial charge in [-0.2, -0.15) is 0 Å². The number of aromatic amines is 1. The molecule has 1 aromatic carbocycles. The van der Waals surface area contributed by atoms with Crippen LogP contribution in [0.4, 0.5) is 0 Å². The van der Waals surface area contributed by atoms with E-state index in [0.717, 1.165) is 18.5 Å². The van der Waals surface area contributed by atoms with Crippen molar-refractivity contribution in [2.75, 3.05) is 13.1 Å². The second-order valence-corrected chi connectivity index (χ2v) is 6.14. The van der Waals surface area contributed by atoms with E-state index in [-0.39, 0.29) is 5.91 Å². The number of carbonyl (C=O) groups is 1. The molecule has 0 radical (unpaired) electrons. The fraction of sp³-hybridized carbons (Fsp3) is 0.500. The van der Waals surface area contributed by atoms with Crippen molar-refractivity contribution in [3.63, 3.8) is 0 Å². The summed E-state index contributed by atoms with van der Waals surface area (Å²) < 4.78 is 0. The van der Waals surface area contributed by atoms with Crippen molar-refractivity contribution in [3.8, 4) is 0 Å². The van der Waals surface area contributed by atoms with Gasteiger partial charge in [-0.05, 0) is 30.9 Å². The average molecular weight is 299 g/mol. The summed E-state index contributed by atoms with van der Waals surface area (Å²) in [6.07, 6.45) is 8.67. The molecule has 1 fully saturated rings. The Hall–Kier alpha value is -1.81. The minimum atomic E-state index is 0.144. The molecule has 4 nitrogen and oxygen atoms in total. The van der Waals surface area contributed by atoms with Crippen LogP contribution in [0, 0.1) is 0 Å². The number of amides is 1. The Morgan fingerprint density at radius 1 is 1.18 bits per heavy atom. The number of para-hydroxylation sites is 1. The van der Waals surface area contributed by atoms with Crippen LogP contribution in [-0.4, -0.2) is 30.0 Å². The summed E-state index contributed by atoms with van der Waals surface area (Å²) in [6, 6.07) is 8.91. The summed E-state index contributed by atoms with van der Waals surface area (Å²) in [7, 11) is 0. The predicted molar refractivity (Wildman–Crippen MR) is 89.9 cm³/mol. The van der Waals surface area contributed by atoms with E-state index in [1.165, 1.54) is 36.6 Å². The second kappa shape index (κ2) is 7.45. The Labute approximate surface area is 131 Å². The lowest BCUT2D eigenvalue weighted by Gasteiger charge is -2.11. The smallest absolute Gasteiger partial charge is 0.221 e. The van der Waals surface area contributed by atoms with Gasteiger partial charge in [0.15, 0.2) is 0 Å². The Morgan fingerprint density at radius 3 is 2.86 bits per heavy atom. The molecule has 1 aliphatic carbocycles. The van der Waals surface area contributed by atoms with Gasteiger partial charge in [0.1, 0.15) is 0 Å². The number of fused-ring (bicyclic) bond motifs is 1. The van der Waals surface area contributed by atoms with Crippen LogP contribution in [0.15, 0.2) is 30.5 Å². The van der Waals surface area contributed by atoms with Gasteiger partial charge < -0.3 is 15.6 Å². The summed E-state index contributed by atoms with van der Waals surface area (Å²) in [5.41, 5.74) is 2.42. The van der Waals surface area contributed by atoms with Gasteiger partial charge in [-0.15, -0.1) is 0 Å². The first-order valence-electron chi connectivity index (χ1n) is 8.38. The van der Waals surface area contributed by atoms with E-state index in [1.807, 2.05) is 18.3 Å². The molecule has 3 rings (SSSR count). The van der Waals surface area contributed by atoms with E-state index in [0.29, 0.717) is 19.0 Å². The van der Waals surface area contributed by atoms with Gasteiger partial charge in [0.2, 0.25) is 5.91 Å². The third-order valence-electron chi connectivity index (χ3n) is 4.53. The molecule has 1 heterocycles. The molecular formula is C18H25N3O. The maximum Gasteiger partial charge on any atom is 0.221 e. The van der Waals surface area contributed by atoms with Crippen LogP contribution >= 0.6 is 0 Å². The van der Waals surface area contributed by atoms with Crippen LogP contribution in [0.2, 0.25) is 0 Å². The van der Waals surface area contributed by atoms with Gasteiger partial charge in [0.25, 0.3) is 0 Å². The third kappa shape index (κ3) is 3.89. The number of hydrogen-bond donors (Lipinski definition) is 3. The van der Waals surface area contributed by atoms with Crippen LogP contribution in [0.1, 0.15) is 37.7 Å². The number of benzene rings is 1. The highest BCUT2D eigenvalue weighted by Gasteiger charge is 2.14. The lowest BCUT2D eigenvalue weighted by molar-refractivity contribution is -0.120. The molecule has 3 N–H and O–H groups in total. The molecule has 0 atom stereocenters. The largest absolute Gasteiger partial charge is 0.361 e. The standard InChI is InChI=1S/C18H25N3O/c22-18(10-12-19-15-5-1-2-6-15)20-11-9-14-13-21-17-8-4-3-7-16(14)17/h3-4,7-8,13,15,19,21H,1-2,5-6,9-12H2,(H,20,22). The highest BCUT2D eigenvalue weighted by atomic mass is 16.1. The summed E-state index contributed by atoms with van der Waals surface area (Å²) >= 11 is 0. The first-order chi connectivity index (χ1) is 10.8. The number of carbonyl (C=O) groups excluding carboxylic acids is 1. The zero-order chi connectivity index (χ0) is 15.2. The molecular weight excluding hydrogens is 274 g/mol. The van der Waals surface area contributed by atoms with E-state index in [4.69, 9.17) is 0 Å². The number of nitrogens with one attached hydrogen (secondary N) is 3. The van der Waals surface area contributed by atoms with Crippen molar-refractivity contribution in [1.29, 1.82) is 0 Å². The fourth-order valence-electron chi connectivity index (χ4n) is 3.28. The quantitative estimate of drug-likeness (QED) is 0.736. The van der Waals surface area contributed by atoms with Gasteiger partial charge >= 0.3 is 0 Å². The predicted octanol–water partition coefficient (Wildman–Crippen LogP) is 2.75. The highest BCUT2D eigenvalue weighted by molar-refractivity contribution is 5.83. The molecule has 0 spiro atoms. The third-order valence-corrected chi connectivity index (χ3v) is 4.53. The first-order valence-corrected chi connectivity index (χ1v) is 8.38. The minimum Gasteiger partial charge on any atom is -0.361 e. The topological polar surface area (TPSA) is 56.9 Å². The Balaban J connectivity index is 1.36. The van der Waals surface area contributed by atoms with E-state index in [2.05, 4.69) is 27.8 Å². The molecule has 1 amide bonds.